The Kier molecular flexibility index (Phi) is 5.23. The van der Waals surface area contributed by atoms with Crippen LogP contribution < -0.4 is 0 Å². The van der Waals surface area contributed by atoms with E-state index in [0.717, 1.165) is 4.90 Å². The van der Waals surface area contributed by atoms with Gasteiger partial charge in [-0.2, -0.15) is 0 Å². The largest absolute Gasteiger partial charge is 0.438 e. The summed E-state index contributed by atoms with van der Waals surface area (Å²) in [5.41, 5.74) is -0.410. The van der Waals surface area contributed by atoms with Gasteiger partial charge in [0.05, 0.1) is 18.8 Å². The van der Waals surface area contributed by atoms with Crippen LogP contribution in [0.1, 0.15) is 42.9 Å². The molecule has 0 radical (unpaired) electrons. The molecule has 3 rings (SSSR count). The highest BCUT2D eigenvalue weighted by Crippen LogP contribution is 2.38. The highest BCUT2D eigenvalue weighted by molar-refractivity contribution is 6.07. The van der Waals surface area contributed by atoms with Gasteiger partial charge in [-0.25, -0.2) is 9.78 Å². The number of urea groups is 1. The predicted molar refractivity (Wildman–Crippen MR) is 94.8 cm³/mol. The number of oxazole rings is 1. The zero-order chi connectivity index (χ0) is 19.8. The smallest absolute Gasteiger partial charge is 0.327 e. The molecule has 148 valence electrons. The number of aliphatic hydroxyl groups excluding tert-OH is 1. The average Bonchev–Trinajstić information content (AvgIpc) is 3.14. The minimum atomic E-state index is -0.941. The van der Waals surface area contributed by atoms with Gasteiger partial charge in [0.2, 0.25) is 5.76 Å². The summed E-state index contributed by atoms with van der Waals surface area (Å²) < 4.78 is 5.19. The maximum absolute atomic E-state index is 13.1. The summed E-state index contributed by atoms with van der Waals surface area (Å²) in [6, 6.07) is -0.353. The van der Waals surface area contributed by atoms with Crippen molar-refractivity contribution in [2.75, 3.05) is 32.8 Å². The van der Waals surface area contributed by atoms with E-state index in [9.17, 15) is 19.5 Å². The molecule has 1 spiro atoms. The monoisotopic (exact) mass is 378 g/mol. The zero-order valence-electron chi connectivity index (χ0n) is 16.0. The van der Waals surface area contributed by atoms with Crippen LogP contribution in [0.2, 0.25) is 0 Å². The van der Waals surface area contributed by atoms with Crippen LogP contribution in [0.5, 0.6) is 0 Å². The summed E-state index contributed by atoms with van der Waals surface area (Å²) in [6.07, 6.45) is 1.97. The minimum Gasteiger partial charge on any atom is -0.438 e. The van der Waals surface area contributed by atoms with E-state index in [1.807, 2.05) is 13.8 Å². The van der Waals surface area contributed by atoms with Crippen LogP contribution in [0.4, 0.5) is 4.79 Å². The molecule has 1 aromatic heterocycles. The summed E-state index contributed by atoms with van der Waals surface area (Å²) in [7, 11) is 0. The molecule has 0 saturated carbocycles. The summed E-state index contributed by atoms with van der Waals surface area (Å²) in [5, 5.41) is 9.23. The molecule has 3 heterocycles. The van der Waals surface area contributed by atoms with E-state index in [2.05, 4.69) is 4.98 Å². The number of β-amino-alcohol motifs (C(OH)–C–C–N with tert-alkyl or cyclic N) is 1. The molecule has 0 aliphatic carbocycles. The van der Waals surface area contributed by atoms with E-state index in [1.165, 1.54) is 6.39 Å². The number of nitrogens with zero attached hydrogens (tertiary/aromatic N) is 4. The fourth-order valence-corrected chi connectivity index (χ4v) is 3.91. The van der Waals surface area contributed by atoms with Crippen LogP contribution in [0.25, 0.3) is 0 Å². The molecule has 0 unspecified atom stereocenters. The number of imide groups is 1. The molecular formula is C18H26N4O5. The summed E-state index contributed by atoms with van der Waals surface area (Å²) in [6.45, 7) is 6.57. The van der Waals surface area contributed by atoms with Gasteiger partial charge in [-0.15, -0.1) is 0 Å². The van der Waals surface area contributed by atoms with Crippen molar-refractivity contribution >= 4 is 17.8 Å². The van der Waals surface area contributed by atoms with Gasteiger partial charge in [0.25, 0.3) is 11.8 Å². The second-order valence-corrected chi connectivity index (χ2v) is 7.56. The minimum absolute atomic E-state index is 0.00604. The molecule has 2 saturated heterocycles. The molecule has 27 heavy (non-hydrogen) atoms. The van der Waals surface area contributed by atoms with E-state index in [4.69, 9.17) is 4.42 Å². The third-order valence-electron chi connectivity index (χ3n) is 5.31. The number of aromatic nitrogens is 1. The van der Waals surface area contributed by atoms with Gasteiger partial charge in [-0.3, -0.25) is 14.5 Å². The van der Waals surface area contributed by atoms with Gasteiger partial charge in [-0.1, -0.05) is 13.8 Å². The van der Waals surface area contributed by atoms with E-state index in [0.29, 0.717) is 38.2 Å². The normalized spacial score (nSPS) is 19.7. The quantitative estimate of drug-likeness (QED) is 0.762. The van der Waals surface area contributed by atoms with Gasteiger partial charge >= 0.3 is 6.03 Å². The van der Waals surface area contributed by atoms with Gasteiger partial charge < -0.3 is 19.3 Å². The first kappa shape index (κ1) is 19.3. The van der Waals surface area contributed by atoms with Crippen LogP contribution >= 0.6 is 0 Å². The standard InChI is InChI=1S/C18H26N4O5/c1-12(2)10-22-17(26)21(8-9-23)16(25)18(22)4-6-20(7-5-18)15(24)14-13(3)19-11-27-14/h11-12,23H,4-10H2,1-3H3. The summed E-state index contributed by atoms with van der Waals surface area (Å²) in [4.78, 5) is 46.8. The fourth-order valence-electron chi connectivity index (χ4n) is 3.91. The lowest BCUT2D eigenvalue weighted by Crippen LogP contribution is -2.58. The third-order valence-corrected chi connectivity index (χ3v) is 5.31. The van der Waals surface area contributed by atoms with Crippen molar-refractivity contribution in [1.29, 1.82) is 0 Å². The summed E-state index contributed by atoms with van der Waals surface area (Å²) in [5.74, 6) is -0.116. The molecule has 0 aromatic carbocycles. The molecule has 2 aliphatic rings. The Morgan fingerprint density at radius 2 is 2.00 bits per heavy atom. The van der Waals surface area contributed by atoms with Crippen molar-refractivity contribution in [3.63, 3.8) is 0 Å². The van der Waals surface area contributed by atoms with Gasteiger partial charge in [-0.05, 0) is 25.7 Å². The van der Waals surface area contributed by atoms with E-state index < -0.39 is 5.54 Å². The average molecular weight is 378 g/mol. The Hall–Kier alpha value is -2.42. The number of amides is 4. The Morgan fingerprint density at radius 3 is 2.52 bits per heavy atom. The molecule has 0 bridgehead atoms. The Labute approximate surface area is 157 Å². The second-order valence-electron chi connectivity index (χ2n) is 7.56. The number of hydrogen-bond acceptors (Lipinski definition) is 6. The first-order chi connectivity index (χ1) is 12.8. The van der Waals surface area contributed by atoms with Gasteiger partial charge in [0.1, 0.15) is 5.54 Å². The number of rotatable bonds is 5. The molecule has 1 N–H and O–H groups in total. The maximum Gasteiger partial charge on any atom is 0.327 e. The first-order valence-corrected chi connectivity index (χ1v) is 9.25. The lowest BCUT2D eigenvalue weighted by molar-refractivity contribution is -0.135. The van der Waals surface area contributed by atoms with Crippen LogP contribution in [-0.4, -0.2) is 81.0 Å². The van der Waals surface area contributed by atoms with Crippen molar-refractivity contribution in [3.8, 4) is 0 Å². The highest BCUT2D eigenvalue weighted by Gasteiger charge is 2.58. The van der Waals surface area contributed by atoms with Crippen LogP contribution in [0, 0.1) is 12.8 Å². The number of carbonyl (C=O) groups is 3. The molecule has 0 atom stereocenters. The van der Waals surface area contributed by atoms with Crippen molar-refractivity contribution in [2.45, 2.75) is 39.2 Å². The molecule has 4 amide bonds. The molecule has 9 heteroatoms. The SMILES string of the molecule is Cc1ncoc1C(=O)N1CCC2(CC1)C(=O)N(CCO)C(=O)N2CC(C)C. The van der Waals surface area contributed by atoms with Gasteiger partial charge in [0.15, 0.2) is 6.39 Å². The van der Waals surface area contributed by atoms with Crippen LogP contribution in [0.3, 0.4) is 0 Å². The molecule has 2 fully saturated rings. The Bertz CT molecular complexity index is 736. The Balaban J connectivity index is 1.80. The molecule has 9 nitrogen and oxygen atoms in total. The number of aliphatic hydroxyl groups is 1. The lowest BCUT2D eigenvalue weighted by atomic mass is 9.85. The number of carbonyl (C=O) groups excluding carboxylic acids is 3. The third kappa shape index (κ3) is 3.20. The number of piperidine rings is 1. The fraction of sp³-hybridized carbons (Fsp3) is 0.667. The number of aryl methyl sites for hydroxylation is 1. The second kappa shape index (κ2) is 7.30. The van der Waals surface area contributed by atoms with Crippen molar-refractivity contribution < 1.29 is 23.9 Å². The predicted octanol–water partition coefficient (Wildman–Crippen LogP) is 0.870. The lowest BCUT2D eigenvalue weighted by Gasteiger charge is -2.42. The highest BCUT2D eigenvalue weighted by atomic mass is 16.3. The summed E-state index contributed by atoms with van der Waals surface area (Å²) >= 11 is 0. The van der Waals surface area contributed by atoms with Crippen LogP contribution in [-0.2, 0) is 4.79 Å². The van der Waals surface area contributed by atoms with Crippen molar-refractivity contribution in [1.82, 2.24) is 19.7 Å². The number of hydrogen-bond donors (Lipinski definition) is 1. The van der Waals surface area contributed by atoms with Crippen LogP contribution in [0.15, 0.2) is 10.8 Å². The molecular weight excluding hydrogens is 352 g/mol. The van der Waals surface area contributed by atoms with Crippen molar-refractivity contribution in [2.24, 2.45) is 5.92 Å². The van der Waals surface area contributed by atoms with Crippen molar-refractivity contribution in [3.05, 3.63) is 17.8 Å². The topological polar surface area (TPSA) is 107 Å². The Morgan fingerprint density at radius 1 is 1.33 bits per heavy atom. The molecule has 1 aromatic rings. The first-order valence-electron chi connectivity index (χ1n) is 9.25. The number of likely N-dealkylation sites (tertiary alicyclic amines) is 1. The van der Waals surface area contributed by atoms with E-state index >= 15 is 0 Å². The van der Waals surface area contributed by atoms with E-state index in [-0.39, 0.29) is 42.7 Å². The van der Waals surface area contributed by atoms with Gasteiger partial charge in [0, 0.05) is 19.6 Å². The molecule has 2 aliphatic heterocycles. The maximum atomic E-state index is 13.1. The van der Waals surface area contributed by atoms with E-state index in [1.54, 1.807) is 16.7 Å². The zero-order valence-corrected chi connectivity index (χ0v) is 16.0.